The predicted molar refractivity (Wildman–Crippen MR) is 95.8 cm³/mol. The normalized spacial score (nSPS) is 14.7. The van der Waals surface area contributed by atoms with E-state index in [-0.39, 0.29) is 18.0 Å². The lowest BCUT2D eigenvalue weighted by atomic mass is 10.1. The van der Waals surface area contributed by atoms with Gasteiger partial charge in [-0.25, -0.2) is 9.78 Å². The van der Waals surface area contributed by atoms with E-state index in [1.165, 1.54) is 7.05 Å². The van der Waals surface area contributed by atoms with Gasteiger partial charge in [0.2, 0.25) is 0 Å². The summed E-state index contributed by atoms with van der Waals surface area (Å²) in [6.07, 6.45) is 3.85. The van der Waals surface area contributed by atoms with Crippen LogP contribution in [0.25, 0.3) is 0 Å². The van der Waals surface area contributed by atoms with Crippen molar-refractivity contribution in [2.24, 2.45) is 5.92 Å². The Morgan fingerprint density at radius 1 is 1.36 bits per heavy atom. The largest absolute Gasteiger partial charge is 0.344 e. The molecule has 7 nitrogen and oxygen atoms in total. The SMILES string of the molecule is CNC(=O)Nc1ccc(Cl)c(C(=O)NC(c2ncc(C)[nH]2)C2CC2)c1. The van der Waals surface area contributed by atoms with Crippen LogP contribution in [0.15, 0.2) is 24.4 Å². The minimum atomic E-state index is -0.365. The fourth-order valence-electron chi connectivity index (χ4n) is 2.62. The molecule has 1 aromatic carbocycles. The van der Waals surface area contributed by atoms with E-state index in [4.69, 9.17) is 11.6 Å². The summed E-state index contributed by atoms with van der Waals surface area (Å²) in [5.41, 5.74) is 1.75. The lowest BCUT2D eigenvalue weighted by Crippen LogP contribution is -2.31. The second-order valence-electron chi connectivity index (χ2n) is 6.14. The minimum Gasteiger partial charge on any atom is -0.344 e. The van der Waals surface area contributed by atoms with Gasteiger partial charge in [0.1, 0.15) is 5.82 Å². The van der Waals surface area contributed by atoms with E-state index >= 15 is 0 Å². The van der Waals surface area contributed by atoms with Gasteiger partial charge < -0.3 is 20.9 Å². The van der Waals surface area contributed by atoms with E-state index in [0.29, 0.717) is 22.2 Å². The van der Waals surface area contributed by atoms with Crippen molar-refractivity contribution in [1.82, 2.24) is 20.6 Å². The fourth-order valence-corrected chi connectivity index (χ4v) is 2.82. The van der Waals surface area contributed by atoms with Crippen molar-refractivity contribution in [3.05, 3.63) is 46.5 Å². The fraction of sp³-hybridized carbons (Fsp3) is 0.353. The number of nitrogens with one attached hydrogen (secondary N) is 4. The van der Waals surface area contributed by atoms with Crippen molar-refractivity contribution in [3.8, 4) is 0 Å². The lowest BCUT2D eigenvalue weighted by Gasteiger charge is -2.17. The number of aromatic amines is 1. The molecule has 0 spiro atoms. The van der Waals surface area contributed by atoms with Crippen LogP contribution in [0.5, 0.6) is 0 Å². The van der Waals surface area contributed by atoms with Crippen LogP contribution in [-0.4, -0.2) is 29.0 Å². The molecule has 0 bridgehead atoms. The molecule has 1 aliphatic rings. The van der Waals surface area contributed by atoms with Gasteiger partial charge in [-0.1, -0.05) is 11.6 Å². The van der Waals surface area contributed by atoms with Crippen LogP contribution in [0.1, 0.15) is 40.8 Å². The third-order valence-corrected chi connectivity index (χ3v) is 4.42. The minimum absolute atomic E-state index is 0.173. The Morgan fingerprint density at radius 2 is 2.12 bits per heavy atom. The first-order valence-corrected chi connectivity index (χ1v) is 8.46. The van der Waals surface area contributed by atoms with Gasteiger partial charge >= 0.3 is 6.03 Å². The quantitative estimate of drug-likeness (QED) is 0.658. The number of carbonyl (C=O) groups excluding carboxylic acids is 2. The van der Waals surface area contributed by atoms with Crippen LogP contribution in [0.4, 0.5) is 10.5 Å². The van der Waals surface area contributed by atoms with Crippen molar-refractivity contribution in [2.45, 2.75) is 25.8 Å². The first kappa shape index (κ1) is 17.3. The Morgan fingerprint density at radius 3 is 2.72 bits per heavy atom. The molecule has 1 unspecified atom stereocenters. The maximum absolute atomic E-state index is 12.7. The Bertz CT molecular complexity index is 800. The van der Waals surface area contributed by atoms with Gasteiger partial charge in [-0.2, -0.15) is 0 Å². The molecule has 25 heavy (non-hydrogen) atoms. The number of anilines is 1. The molecule has 1 aliphatic carbocycles. The number of halogens is 1. The molecule has 8 heteroatoms. The Labute approximate surface area is 150 Å². The molecule has 1 saturated carbocycles. The molecule has 1 heterocycles. The number of H-pyrrole nitrogens is 1. The summed E-state index contributed by atoms with van der Waals surface area (Å²) >= 11 is 6.18. The highest BCUT2D eigenvalue weighted by atomic mass is 35.5. The van der Waals surface area contributed by atoms with E-state index in [9.17, 15) is 9.59 Å². The molecule has 1 fully saturated rings. The average molecular weight is 362 g/mol. The highest BCUT2D eigenvalue weighted by molar-refractivity contribution is 6.34. The number of benzene rings is 1. The smallest absolute Gasteiger partial charge is 0.318 e. The summed E-state index contributed by atoms with van der Waals surface area (Å²) in [6.45, 7) is 1.92. The second-order valence-corrected chi connectivity index (χ2v) is 6.55. The molecule has 132 valence electrons. The third kappa shape index (κ3) is 4.11. The summed E-state index contributed by atoms with van der Waals surface area (Å²) in [5, 5.41) is 8.43. The molecular formula is C17H20ClN5O2. The maximum atomic E-state index is 12.7. The van der Waals surface area contributed by atoms with Gasteiger partial charge in [0, 0.05) is 24.6 Å². The Balaban J connectivity index is 1.79. The first-order chi connectivity index (χ1) is 12.0. The number of aryl methyl sites for hydroxylation is 1. The monoisotopic (exact) mass is 361 g/mol. The number of carbonyl (C=O) groups is 2. The van der Waals surface area contributed by atoms with Gasteiger partial charge in [-0.05, 0) is 43.9 Å². The molecule has 4 N–H and O–H groups in total. The molecule has 1 atom stereocenters. The van der Waals surface area contributed by atoms with Crippen LogP contribution >= 0.6 is 11.6 Å². The Hall–Kier alpha value is -2.54. The predicted octanol–water partition coefficient (Wildman–Crippen LogP) is 3.00. The third-order valence-electron chi connectivity index (χ3n) is 4.09. The molecule has 0 radical (unpaired) electrons. The number of rotatable bonds is 5. The summed E-state index contributed by atoms with van der Waals surface area (Å²) in [7, 11) is 1.52. The first-order valence-electron chi connectivity index (χ1n) is 8.08. The number of hydrogen-bond acceptors (Lipinski definition) is 3. The summed E-state index contributed by atoms with van der Waals surface area (Å²) in [5.74, 6) is 0.834. The number of amides is 3. The standard InChI is InChI=1S/C17H20ClN5O2/c1-9-8-20-15(21-9)14(10-3-4-10)23-16(24)12-7-11(5-6-13(12)18)22-17(25)19-2/h5-8,10,14H,3-4H2,1-2H3,(H,20,21)(H,23,24)(H2,19,22,25). The molecule has 2 aromatic rings. The van der Waals surface area contributed by atoms with Crippen LogP contribution in [0.3, 0.4) is 0 Å². The zero-order valence-electron chi connectivity index (χ0n) is 14.0. The zero-order valence-corrected chi connectivity index (χ0v) is 14.8. The molecule has 0 saturated heterocycles. The highest BCUT2D eigenvalue weighted by Crippen LogP contribution is 2.40. The van der Waals surface area contributed by atoms with Gasteiger partial charge in [0.15, 0.2) is 0 Å². The summed E-state index contributed by atoms with van der Waals surface area (Å²) in [6, 6.07) is 4.25. The molecule has 3 rings (SSSR count). The van der Waals surface area contributed by atoms with Crippen LogP contribution in [0, 0.1) is 12.8 Å². The Kier molecular flexibility index (Phi) is 4.94. The van der Waals surface area contributed by atoms with E-state index in [0.717, 1.165) is 24.4 Å². The topological polar surface area (TPSA) is 98.9 Å². The number of hydrogen-bond donors (Lipinski definition) is 4. The number of imidazole rings is 1. The molecule has 0 aliphatic heterocycles. The van der Waals surface area contributed by atoms with Crippen molar-refractivity contribution in [2.75, 3.05) is 12.4 Å². The van der Waals surface area contributed by atoms with E-state index in [1.807, 2.05) is 6.92 Å². The van der Waals surface area contributed by atoms with Gasteiger partial charge in [-0.3, -0.25) is 4.79 Å². The van der Waals surface area contributed by atoms with E-state index < -0.39 is 0 Å². The van der Waals surface area contributed by atoms with Crippen molar-refractivity contribution in [1.29, 1.82) is 0 Å². The number of urea groups is 1. The maximum Gasteiger partial charge on any atom is 0.318 e. The number of aromatic nitrogens is 2. The zero-order chi connectivity index (χ0) is 18.0. The van der Waals surface area contributed by atoms with Gasteiger partial charge in [-0.15, -0.1) is 0 Å². The molecular weight excluding hydrogens is 342 g/mol. The van der Waals surface area contributed by atoms with Crippen LogP contribution in [-0.2, 0) is 0 Å². The van der Waals surface area contributed by atoms with Crippen LogP contribution in [0.2, 0.25) is 5.02 Å². The second kappa shape index (κ2) is 7.14. The summed E-state index contributed by atoms with van der Waals surface area (Å²) < 4.78 is 0. The van der Waals surface area contributed by atoms with Crippen molar-refractivity contribution < 1.29 is 9.59 Å². The van der Waals surface area contributed by atoms with E-state index in [1.54, 1.807) is 24.4 Å². The van der Waals surface area contributed by atoms with Gasteiger partial charge in [0.25, 0.3) is 5.91 Å². The number of nitrogens with zero attached hydrogens (tertiary/aromatic N) is 1. The van der Waals surface area contributed by atoms with Gasteiger partial charge in [0.05, 0.1) is 16.6 Å². The average Bonchev–Trinajstić information content (AvgIpc) is 3.35. The highest BCUT2D eigenvalue weighted by Gasteiger charge is 2.35. The van der Waals surface area contributed by atoms with E-state index in [2.05, 4.69) is 25.9 Å². The molecule has 1 aromatic heterocycles. The lowest BCUT2D eigenvalue weighted by molar-refractivity contribution is 0.0930. The van der Waals surface area contributed by atoms with Crippen LogP contribution < -0.4 is 16.0 Å². The van der Waals surface area contributed by atoms with Crippen molar-refractivity contribution in [3.63, 3.8) is 0 Å². The van der Waals surface area contributed by atoms with Crippen molar-refractivity contribution >= 4 is 29.2 Å². The summed E-state index contributed by atoms with van der Waals surface area (Å²) in [4.78, 5) is 31.7. The molecule has 3 amide bonds.